The van der Waals surface area contributed by atoms with Gasteiger partial charge in [-0.05, 0) is 31.7 Å². The van der Waals surface area contributed by atoms with Crippen molar-refractivity contribution >= 4 is 0 Å². The topological polar surface area (TPSA) is 21.3 Å². The van der Waals surface area contributed by atoms with Crippen LogP contribution in [0.25, 0.3) is 0 Å². The van der Waals surface area contributed by atoms with Gasteiger partial charge in [0.25, 0.3) is 0 Å². The summed E-state index contributed by atoms with van der Waals surface area (Å²) in [5, 5.41) is 3.21. The van der Waals surface area contributed by atoms with E-state index in [1.807, 2.05) is 6.92 Å². The maximum atomic E-state index is 13.4. The lowest BCUT2D eigenvalue weighted by molar-refractivity contribution is 0.223. The Morgan fingerprint density at radius 3 is 2.30 bits per heavy atom. The van der Waals surface area contributed by atoms with E-state index in [1.54, 1.807) is 0 Å². The molecule has 1 N–H and O–H groups in total. The molecule has 1 aliphatic carbocycles. The van der Waals surface area contributed by atoms with Crippen LogP contribution in [-0.2, 0) is 0 Å². The second kappa shape index (κ2) is 6.43. The number of hydrogen-bond acceptors (Lipinski definition) is 2. The molecule has 0 aliphatic heterocycles. The van der Waals surface area contributed by atoms with E-state index in [2.05, 4.69) is 5.32 Å². The molecule has 112 valence electrons. The van der Waals surface area contributed by atoms with Crippen LogP contribution in [-0.4, -0.2) is 19.2 Å². The van der Waals surface area contributed by atoms with E-state index in [0.717, 1.165) is 25.8 Å². The molecular formula is C14H17F4NO. The third kappa shape index (κ3) is 3.42. The minimum atomic E-state index is -1.49. The Morgan fingerprint density at radius 2 is 1.80 bits per heavy atom. The molecule has 1 aromatic carbocycles. The Bertz CT molecular complexity index is 450. The smallest absolute Gasteiger partial charge is 0.203 e. The van der Waals surface area contributed by atoms with Crippen molar-refractivity contribution in [2.45, 2.75) is 32.2 Å². The van der Waals surface area contributed by atoms with Gasteiger partial charge in [-0.3, -0.25) is 0 Å². The zero-order valence-corrected chi connectivity index (χ0v) is 11.2. The molecule has 1 fully saturated rings. The molecule has 1 unspecified atom stereocenters. The standard InChI is InChI=1S/C14H17F4NO/c1-2-5-19-11(8-3-4-8)7-20-14-12(17)9(15)6-10(16)13(14)18/h6,8,11,19H,2-5,7H2,1H3. The first-order valence-electron chi connectivity index (χ1n) is 6.73. The summed E-state index contributed by atoms with van der Waals surface area (Å²) >= 11 is 0. The second-order valence-corrected chi connectivity index (χ2v) is 5.01. The zero-order valence-electron chi connectivity index (χ0n) is 11.2. The van der Waals surface area contributed by atoms with Crippen LogP contribution in [0.5, 0.6) is 5.75 Å². The Labute approximate surface area is 115 Å². The highest BCUT2D eigenvalue weighted by atomic mass is 19.2. The molecule has 1 saturated carbocycles. The Morgan fingerprint density at radius 1 is 1.20 bits per heavy atom. The Balaban J connectivity index is 2.05. The number of benzene rings is 1. The molecular weight excluding hydrogens is 274 g/mol. The average molecular weight is 291 g/mol. The van der Waals surface area contributed by atoms with Crippen LogP contribution >= 0.6 is 0 Å². The maximum Gasteiger partial charge on any atom is 0.203 e. The third-order valence-electron chi connectivity index (χ3n) is 3.33. The summed E-state index contributed by atoms with van der Waals surface area (Å²) in [4.78, 5) is 0. The summed E-state index contributed by atoms with van der Waals surface area (Å²) in [5.74, 6) is -6.48. The summed E-state index contributed by atoms with van der Waals surface area (Å²) in [6, 6.07) is 0.116. The first kappa shape index (κ1) is 15.1. The number of halogens is 4. The molecule has 0 spiro atoms. The summed E-state index contributed by atoms with van der Waals surface area (Å²) in [6.45, 7) is 2.74. The van der Waals surface area contributed by atoms with Gasteiger partial charge in [0.05, 0.1) is 0 Å². The molecule has 0 amide bonds. The van der Waals surface area contributed by atoms with E-state index in [1.165, 1.54) is 0 Å². The normalized spacial score (nSPS) is 16.2. The van der Waals surface area contributed by atoms with Crippen molar-refractivity contribution in [2.24, 2.45) is 5.92 Å². The van der Waals surface area contributed by atoms with E-state index in [9.17, 15) is 17.6 Å². The highest BCUT2D eigenvalue weighted by molar-refractivity contribution is 5.28. The fourth-order valence-electron chi connectivity index (χ4n) is 2.04. The van der Waals surface area contributed by atoms with Crippen LogP contribution < -0.4 is 10.1 Å². The van der Waals surface area contributed by atoms with E-state index in [-0.39, 0.29) is 18.7 Å². The Hall–Kier alpha value is -1.30. The quantitative estimate of drug-likeness (QED) is 0.614. The van der Waals surface area contributed by atoms with Gasteiger partial charge in [0.2, 0.25) is 11.6 Å². The molecule has 1 aliphatic rings. The summed E-state index contributed by atoms with van der Waals surface area (Å²) < 4.78 is 57.9. The molecule has 2 rings (SSSR count). The van der Waals surface area contributed by atoms with Crippen LogP contribution in [0.1, 0.15) is 26.2 Å². The molecule has 0 radical (unpaired) electrons. The molecule has 6 heteroatoms. The second-order valence-electron chi connectivity index (χ2n) is 5.01. The van der Waals surface area contributed by atoms with Crippen molar-refractivity contribution in [2.75, 3.05) is 13.2 Å². The van der Waals surface area contributed by atoms with Crippen LogP contribution in [0.3, 0.4) is 0 Å². The summed E-state index contributed by atoms with van der Waals surface area (Å²) in [6.07, 6.45) is 2.96. The van der Waals surface area contributed by atoms with Gasteiger partial charge in [0.15, 0.2) is 17.4 Å². The largest absolute Gasteiger partial charge is 0.486 e. The predicted octanol–water partition coefficient (Wildman–Crippen LogP) is 3.40. The predicted molar refractivity (Wildman–Crippen MR) is 66.6 cm³/mol. The van der Waals surface area contributed by atoms with Gasteiger partial charge >= 0.3 is 0 Å². The highest BCUT2D eigenvalue weighted by Crippen LogP contribution is 2.33. The number of hydrogen-bond donors (Lipinski definition) is 1. The van der Waals surface area contributed by atoms with Gasteiger partial charge in [-0.2, -0.15) is 8.78 Å². The van der Waals surface area contributed by atoms with Crippen molar-refractivity contribution in [3.63, 3.8) is 0 Å². The molecule has 1 atom stereocenters. The van der Waals surface area contributed by atoms with E-state index >= 15 is 0 Å². The van der Waals surface area contributed by atoms with Gasteiger partial charge < -0.3 is 10.1 Å². The van der Waals surface area contributed by atoms with E-state index in [4.69, 9.17) is 4.74 Å². The SMILES string of the molecule is CCCNC(COc1c(F)c(F)cc(F)c1F)C1CC1. The fourth-order valence-corrected chi connectivity index (χ4v) is 2.04. The van der Waals surface area contributed by atoms with Crippen molar-refractivity contribution < 1.29 is 22.3 Å². The van der Waals surface area contributed by atoms with Crippen LogP contribution in [0.15, 0.2) is 6.07 Å². The minimum Gasteiger partial charge on any atom is -0.486 e. The van der Waals surface area contributed by atoms with Gasteiger partial charge in [0, 0.05) is 12.1 Å². The average Bonchev–Trinajstić information content (AvgIpc) is 3.24. The van der Waals surface area contributed by atoms with Crippen molar-refractivity contribution in [3.05, 3.63) is 29.3 Å². The van der Waals surface area contributed by atoms with Crippen molar-refractivity contribution in [1.82, 2.24) is 5.32 Å². The maximum absolute atomic E-state index is 13.4. The number of rotatable bonds is 7. The Kier molecular flexibility index (Phi) is 4.86. The lowest BCUT2D eigenvalue weighted by Gasteiger charge is -2.19. The van der Waals surface area contributed by atoms with Crippen molar-refractivity contribution in [3.8, 4) is 5.75 Å². The van der Waals surface area contributed by atoms with E-state index < -0.39 is 29.0 Å². The van der Waals surface area contributed by atoms with Gasteiger partial charge in [0.1, 0.15) is 6.61 Å². The monoisotopic (exact) mass is 291 g/mol. The highest BCUT2D eigenvalue weighted by Gasteiger charge is 2.32. The molecule has 0 bridgehead atoms. The molecule has 20 heavy (non-hydrogen) atoms. The lowest BCUT2D eigenvalue weighted by Crippen LogP contribution is -2.37. The third-order valence-corrected chi connectivity index (χ3v) is 3.33. The lowest BCUT2D eigenvalue weighted by atomic mass is 10.2. The first-order valence-corrected chi connectivity index (χ1v) is 6.73. The molecule has 0 saturated heterocycles. The molecule has 1 aromatic rings. The molecule has 0 aromatic heterocycles. The van der Waals surface area contributed by atoms with Crippen LogP contribution in [0, 0.1) is 29.2 Å². The first-order chi connectivity index (χ1) is 9.54. The van der Waals surface area contributed by atoms with E-state index in [0.29, 0.717) is 5.92 Å². The number of nitrogens with one attached hydrogen (secondary N) is 1. The van der Waals surface area contributed by atoms with Crippen molar-refractivity contribution in [1.29, 1.82) is 0 Å². The van der Waals surface area contributed by atoms with Crippen LogP contribution in [0.4, 0.5) is 17.6 Å². The molecule has 0 heterocycles. The molecule has 2 nitrogen and oxygen atoms in total. The zero-order chi connectivity index (χ0) is 14.7. The fraction of sp³-hybridized carbons (Fsp3) is 0.571. The summed E-state index contributed by atoms with van der Waals surface area (Å²) in [5.41, 5.74) is 0. The summed E-state index contributed by atoms with van der Waals surface area (Å²) in [7, 11) is 0. The van der Waals surface area contributed by atoms with Gasteiger partial charge in [-0.15, -0.1) is 0 Å². The van der Waals surface area contributed by atoms with Crippen LogP contribution in [0.2, 0.25) is 0 Å². The van der Waals surface area contributed by atoms with Gasteiger partial charge in [-0.1, -0.05) is 6.92 Å². The van der Waals surface area contributed by atoms with Gasteiger partial charge in [-0.25, -0.2) is 8.78 Å². The minimum absolute atomic E-state index is 0.0125. The number of ether oxygens (including phenoxy) is 1.